The number of rotatable bonds is 17. The van der Waals surface area contributed by atoms with E-state index in [9.17, 15) is 4.11 Å². The zero-order valence-electron chi connectivity index (χ0n) is 15.9. The highest BCUT2D eigenvalue weighted by molar-refractivity contribution is 6.70. The van der Waals surface area contributed by atoms with Crippen LogP contribution < -0.4 is 0 Å². The van der Waals surface area contributed by atoms with Crippen LogP contribution in [0.3, 0.4) is 0 Å². The lowest BCUT2D eigenvalue weighted by Gasteiger charge is -2.09. The van der Waals surface area contributed by atoms with E-state index in [1.807, 2.05) is 13.1 Å². The van der Waals surface area contributed by atoms with Crippen molar-refractivity contribution in [2.45, 2.75) is 129 Å². The maximum Gasteiger partial charge on any atom is 0.240 e. The van der Waals surface area contributed by atoms with Gasteiger partial charge in [0.25, 0.3) is 0 Å². The average Bonchev–Trinajstić information content (AvgIpc) is 2.45. The summed E-state index contributed by atoms with van der Waals surface area (Å²) in [6.45, 7) is 5.95. The van der Waals surface area contributed by atoms with E-state index in [0.29, 0.717) is 0 Å². The summed E-state index contributed by atoms with van der Waals surface area (Å²) in [7, 11) is -2.26. The molecule has 0 radical (unpaired) electrons. The van der Waals surface area contributed by atoms with Crippen molar-refractivity contribution in [2.24, 2.45) is 0 Å². The molecule has 2 heteroatoms. The Morgan fingerprint density at radius 3 is 1.05 bits per heavy atom. The first kappa shape index (κ1) is 22.1. The van der Waals surface area contributed by atoms with Crippen molar-refractivity contribution in [3.63, 3.8) is 0 Å². The van der Waals surface area contributed by atoms with E-state index in [-0.39, 0.29) is 0 Å². The Bertz CT molecular complexity index is 210. The summed E-state index contributed by atoms with van der Waals surface area (Å²) in [5.41, 5.74) is 0. The minimum Gasteiger partial charge on any atom is -0.314 e. The highest BCUT2D eigenvalue weighted by Crippen LogP contribution is 2.17. The second-order valence-electron chi connectivity index (χ2n) is 7.77. The molecule has 0 rings (SSSR count). The zero-order valence-corrected chi connectivity index (χ0v) is 16.9. The van der Waals surface area contributed by atoms with E-state index in [4.69, 9.17) is 0 Å². The molecular formula is C20H43FSi. The highest BCUT2D eigenvalue weighted by Gasteiger charge is 2.18. The fraction of sp³-hybridized carbons (Fsp3) is 1.00. The van der Waals surface area contributed by atoms with Gasteiger partial charge in [0.2, 0.25) is 8.41 Å². The molecule has 22 heavy (non-hydrogen) atoms. The fourth-order valence-electron chi connectivity index (χ4n) is 3.09. The monoisotopic (exact) mass is 330 g/mol. The van der Waals surface area contributed by atoms with Crippen molar-refractivity contribution in [2.75, 3.05) is 0 Å². The van der Waals surface area contributed by atoms with Crippen molar-refractivity contribution < 1.29 is 4.11 Å². The normalized spacial score (nSPS) is 12.0. The molecule has 0 heterocycles. The van der Waals surface area contributed by atoms with Gasteiger partial charge < -0.3 is 4.11 Å². The Balaban J connectivity index is 3.00. The molecule has 0 aliphatic carbocycles. The summed E-state index contributed by atoms with van der Waals surface area (Å²) in [6.07, 6.45) is 22.2. The van der Waals surface area contributed by atoms with E-state index in [1.54, 1.807) is 0 Å². The molecule has 134 valence electrons. The van der Waals surface area contributed by atoms with Crippen molar-refractivity contribution in [3.05, 3.63) is 0 Å². The van der Waals surface area contributed by atoms with Crippen LogP contribution in [0.2, 0.25) is 19.1 Å². The van der Waals surface area contributed by atoms with Crippen molar-refractivity contribution in [3.8, 4) is 0 Å². The Morgan fingerprint density at radius 1 is 0.500 bits per heavy atom. The van der Waals surface area contributed by atoms with Crippen LogP contribution in [-0.4, -0.2) is 8.41 Å². The van der Waals surface area contributed by atoms with Crippen LogP contribution in [0.25, 0.3) is 0 Å². The van der Waals surface area contributed by atoms with Gasteiger partial charge in [0.15, 0.2) is 0 Å². The molecular weight excluding hydrogens is 287 g/mol. The van der Waals surface area contributed by atoms with E-state index in [0.717, 1.165) is 12.5 Å². The SMILES string of the molecule is CCCCCCCCCCCCCCCCCC[Si](C)(C)F. The maximum atomic E-state index is 13.4. The maximum absolute atomic E-state index is 13.4. The second-order valence-corrected chi connectivity index (χ2v) is 11.7. The molecule has 0 atom stereocenters. The molecule has 0 aromatic heterocycles. The largest absolute Gasteiger partial charge is 0.314 e. The molecule has 0 aromatic carbocycles. The summed E-state index contributed by atoms with van der Waals surface area (Å²) in [5, 5.41) is 0. The van der Waals surface area contributed by atoms with Gasteiger partial charge in [0.05, 0.1) is 0 Å². The first-order valence-corrected chi connectivity index (χ1v) is 13.3. The van der Waals surface area contributed by atoms with Crippen LogP contribution in [-0.2, 0) is 0 Å². The van der Waals surface area contributed by atoms with Crippen LogP contribution in [0.5, 0.6) is 0 Å². The predicted octanol–water partition coefficient (Wildman–Crippen LogP) is 8.42. The van der Waals surface area contributed by atoms with Gasteiger partial charge in [0, 0.05) is 0 Å². The van der Waals surface area contributed by atoms with Gasteiger partial charge in [-0.3, -0.25) is 0 Å². The third kappa shape index (κ3) is 20.1. The molecule has 0 unspecified atom stereocenters. The molecule has 0 N–H and O–H groups in total. The Hall–Kier alpha value is 0.147. The van der Waals surface area contributed by atoms with Gasteiger partial charge in [-0.1, -0.05) is 110 Å². The van der Waals surface area contributed by atoms with Crippen LogP contribution in [0.15, 0.2) is 0 Å². The van der Waals surface area contributed by atoms with E-state index >= 15 is 0 Å². The smallest absolute Gasteiger partial charge is 0.240 e. The third-order valence-electron chi connectivity index (χ3n) is 4.62. The molecule has 0 saturated heterocycles. The van der Waals surface area contributed by atoms with Gasteiger partial charge in [-0.05, 0) is 19.1 Å². The van der Waals surface area contributed by atoms with Crippen molar-refractivity contribution >= 4 is 8.41 Å². The van der Waals surface area contributed by atoms with Crippen molar-refractivity contribution in [1.82, 2.24) is 0 Å². The number of unbranched alkanes of at least 4 members (excludes halogenated alkanes) is 15. The standard InChI is InChI=1S/C20H43FSi/c1-4-5-6-7-8-9-10-11-12-13-14-15-16-17-18-19-20-22(2,3)21/h4-20H2,1-3H3. The first-order chi connectivity index (χ1) is 10.6. The van der Waals surface area contributed by atoms with Gasteiger partial charge in [-0.2, -0.15) is 0 Å². The van der Waals surface area contributed by atoms with Crippen LogP contribution in [0, 0.1) is 0 Å². The summed E-state index contributed by atoms with van der Waals surface area (Å²) >= 11 is 0. The molecule has 0 saturated carbocycles. The first-order valence-electron chi connectivity index (χ1n) is 10.2. The Kier molecular flexibility index (Phi) is 16.1. The number of halogens is 1. The van der Waals surface area contributed by atoms with E-state index in [1.165, 1.54) is 96.3 Å². The van der Waals surface area contributed by atoms with Crippen LogP contribution >= 0.6 is 0 Å². The Labute approximate surface area is 141 Å². The summed E-state index contributed by atoms with van der Waals surface area (Å²) < 4.78 is 13.4. The van der Waals surface area contributed by atoms with Gasteiger partial charge >= 0.3 is 0 Å². The zero-order chi connectivity index (χ0) is 16.5. The lowest BCUT2D eigenvalue weighted by atomic mass is 10.0. The third-order valence-corrected chi connectivity index (χ3v) is 6.17. The fourth-order valence-corrected chi connectivity index (χ4v) is 4.18. The highest BCUT2D eigenvalue weighted by atomic mass is 28.4. The minimum absolute atomic E-state index is 0.867. The molecule has 0 bridgehead atoms. The van der Waals surface area contributed by atoms with E-state index < -0.39 is 8.41 Å². The number of hydrogen-bond donors (Lipinski definition) is 0. The molecule has 0 nitrogen and oxygen atoms in total. The quantitative estimate of drug-likeness (QED) is 0.143. The van der Waals surface area contributed by atoms with Crippen molar-refractivity contribution in [1.29, 1.82) is 0 Å². The molecule has 0 amide bonds. The molecule has 0 aliphatic heterocycles. The van der Waals surface area contributed by atoms with Gasteiger partial charge in [-0.15, -0.1) is 0 Å². The lowest BCUT2D eigenvalue weighted by Crippen LogP contribution is -2.16. The topological polar surface area (TPSA) is 0 Å². The summed E-state index contributed by atoms with van der Waals surface area (Å²) in [6, 6.07) is 0.867. The molecule has 0 fully saturated rings. The molecule has 0 aromatic rings. The molecule has 0 aliphatic rings. The summed E-state index contributed by atoms with van der Waals surface area (Å²) in [4.78, 5) is 0. The minimum atomic E-state index is -2.26. The van der Waals surface area contributed by atoms with E-state index in [2.05, 4.69) is 6.92 Å². The average molecular weight is 331 g/mol. The molecule has 0 spiro atoms. The second kappa shape index (κ2) is 16.0. The summed E-state index contributed by atoms with van der Waals surface area (Å²) in [5.74, 6) is 0. The lowest BCUT2D eigenvalue weighted by molar-refractivity contribution is 0.531. The van der Waals surface area contributed by atoms with Crippen LogP contribution in [0.1, 0.15) is 110 Å². The van der Waals surface area contributed by atoms with Gasteiger partial charge in [-0.25, -0.2) is 0 Å². The van der Waals surface area contributed by atoms with Gasteiger partial charge in [0.1, 0.15) is 0 Å². The predicted molar refractivity (Wildman–Crippen MR) is 103 cm³/mol. The Morgan fingerprint density at radius 2 is 0.773 bits per heavy atom. The van der Waals surface area contributed by atoms with Crippen LogP contribution in [0.4, 0.5) is 4.11 Å². The number of hydrogen-bond acceptors (Lipinski definition) is 0.